The van der Waals surface area contributed by atoms with Gasteiger partial charge >= 0.3 is 0 Å². The number of rotatable bonds is 4. The predicted molar refractivity (Wildman–Crippen MR) is 92.5 cm³/mol. The highest BCUT2D eigenvalue weighted by atomic mass is 19.1. The van der Waals surface area contributed by atoms with Crippen molar-refractivity contribution in [3.8, 4) is 22.4 Å². The second-order valence-electron chi connectivity index (χ2n) is 4.90. The van der Waals surface area contributed by atoms with Crippen molar-refractivity contribution in [1.82, 2.24) is 14.8 Å². The Bertz CT molecular complexity index is 718. The Hall–Kier alpha value is -2.49. The lowest BCUT2D eigenvalue weighted by molar-refractivity contribution is 0.604. The van der Waals surface area contributed by atoms with Gasteiger partial charge in [0.25, 0.3) is 0 Å². The van der Waals surface area contributed by atoms with Crippen molar-refractivity contribution >= 4 is 0 Å². The average molecular weight is 311 g/mol. The molecule has 2 heterocycles. The van der Waals surface area contributed by atoms with Crippen LogP contribution in [-0.4, -0.2) is 14.8 Å². The van der Waals surface area contributed by atoms with Crippen LogP contribution in [0.5, 0.6) is 0 Å². The van der Waals surface area contributed by atoms with Gasteiger partial charge < -0.3 is 0 Å². The molecule has 3 aromatic rings. The first-order valence-corrected chi connectivity index (χ1v) is 8.01. The van der Waals surface area contributed by atoms with Crippen molar-refractivity contribution < 1.29 is 4.39 Å². The quantitative estimate of drug-likeness (QED) is 0.664. The first kappa shape index (κ1) is 16.9. The minimum atomic E-state index is -0.239. The van der Waals surface area contributed by atoms with Gasteiger partial charge in [-0.3, -0.25) is 9.67 Å². The standard InChI is InChI=1S/C17H16FN3.C2H6/c1-2-11-21-12-16(13-7-9-19-10-8-13)17(20-21)14-3-5-15(18)6-4-14;1-2/h3-10,12H,2,11H2,1H3;1-2H3. The summed E-state index contributed by atoms with van der Waals surface area (Å²) in [5, 5.41) is 4.65. The molecule has 0 atom stereocenters. The molecular formula is C19H22FN3. The zero-order valence-corrected chi connectivity index (χ0v) is 13.8. The molecule has 0 aliphatic rings. The number of pyridine rings is 1. The molecule has 0 saturated heterocycles. The van der Waals surface area contributed by atoms with Crippen LogP contribution in [0.3, 0.4) is 0 Å². The molecule has 0 N–H and O–H groups in total. The Morgan fingerprint density at radius 3 is 2.22 bits per heavy atom. The Morgan fingerprint density at radius 1 is 0.957 bits per heavy atom. The summed E-state index contributed by atoms with van der Waals surface area (Å²) < 4.78 is 15.1. The van der Waals surface area contributed by atoms with Gasteiger partial charge in [-0.1, -0.05) is 20.8 Å². The lowest BCUT2D eigenvalue weighted by Crippen LogP contribution is -1.96. The monoisotopic (exact) mass is 311 g/mol. The maximum absolute atomic E-state index is 13.1. The number of hydrogen-bond donors (Lipinski definition) is 0. The molecule has 1 aromatic carbocycles. The largest absolute Gasteiger partial charge is 0.271 e. The van der Waals surface area contributed by atoms with Crippen molar-refractivity contribution in [2.75, 3.05) is 0 Å². The van der Waals surface area contributed by atoms with Crippen LogP contribution in [0.2, 0.25) is 0 Å². The molecule has 0 fully saturated rings. The summed E-state index contributed by atoms with van der Waals surface area (Å²) in [6, 6.07) is 10.4. The highest BCUT2D eigenvalue weighted by Gasteiger charge is 2.13. The van der Waals surface area contributed by atoms with Gasteiger partial charge in [0.05, 0.1) is 0 Å². The van der Waals surface area contributed by atoms with E-state index in [9.17, 15) is 4.39 Å². The second kappa shape index (κ2) is 8.22. The Labute approximate surface area is 136 Å². The van der Waals surface area contributed by atoms with E-state index >= 15 is 0 Å². The number of nitrogens with zero attached hydrogens (tertiary/aromatic N) is 3. The molecule has 120 valence electrons. The highest BCUT2D eigenvalue weighted by Crippen LogP contribution is 2.30. The van der Waals surface area contributed by atoms with Crippen molar-refractivity contribution in [2.24, 2.45) is 0 Å². The number of halogens is 1. The van der Waals surface area contributed by atoms with Crippen LogP contribution in [0.15, 0.2) is 55.0 Å². The van der Waals surface area contributed by atoms with Crippen LogP contribution in [0.1, 0.15) is 27.2 Å². The minimum absolute atomic E-state index is 0.239. The molecule has 2 aromatic heterocycles. The van der Waals surface area contributed by atoms with E-state index in [-0.39, 0.29) is 5.82 Å². The van der Waals surface area contributed by atoms with Crippen molar-refractivity contribution in [2.45, 2.75) is 33.7 Å². The lowest BCUT2D eigenvalue weighted by Gasteiger charge is -2.02. The fourth-order valence-electron chi connectivity index (χ4n) is 2.33. The predicted octanol–water partition coefficient (Wildman–Crippen LogP) is 5.19. The van der Waals surface area contributed by atoms with E-state index in [2.05, 4.69) is 17.0 Å². The van der Waals surface area contributed by atoms with Crippen LogP contribution in [0.25, 0.3) is 22.4 Å². The van der Waals surface area contributed by atoms with Gasteiger partial charge in [-0.2, -0.15) is 5.10 Å². The van der Waals surface area contributed by atoms with E-state index in [1.807, 2.05) is 36.9 Å². The van der Waals surface area contributed by atoms with Crippen LogP contribution >= 0.6 is 0 Å². The Balaban J connectivity index is 0.000000924. The number of benzene rings is 1. The maximum atomic E-state index is 13.1. The van der Waals surface area contributed by atoms with Gasteiger partial charge in [-0.15, -0.1) is 0 Å². The summed E-state index contributed by atoms with van der Waals surface area (Å²) in [5.74, 6) is -0.239. The van der Waals surface area contributed by atoms with Gasteiger partial charge in [-0.25, -0.2) is 4.39 Å². The third kappa shape index (κ3) is 4.03. The summed E-state index contributed by atoms with van der Waals surface area (Å²) in [4.78, 5) is 4.05. The SMILES string of the molecule is CC.CCCn1cc(-c2ccncc2)c(-c2ccc(F)cc2)n1. The zero-order chi connectivity index (χ0) is 16.7. The molecular weight excluding hydrogens is 289 g/mol. The van der Waals surface area contributed by atoms with Gasteiger partial charge in [0.1, 0.15) is 11.5 Å². The number of aromatic nitrogens is 3. The van der Waals surface area contributed by atoms with E-state index in [1.54, 1.807) is 24.5 Å². The highest BCUT2D eigenvalue weighted by molar-refractivity contribution is 5.80. The first-order valence-electron chi connectivity index (χ1n) is 8.01. The van der Waals surface area contributed by atoms with Crippen LogP contribution in [-0.2, 0) is 6.54 Å². The normalized spacial score (nSPS) is 10.1. The zero-order valence-electron chi connectivity index (χ0n) is 13.8. The third-order valence-electron chi connectivity index (χ3n) is 3.32. The van der Waals surface area contributed by atoms with Crippen molar-refractivity contribution in [1.29, 1.82) is 0 Å². The average Bonchev–Trinajstić information content (AvgIpc) is 3.02. The molecule has 0 aliphatic carbocycles. The van der Waals surface area contributed by atoms with Crippen molar-refractivity contribution in [3.63, 3.8) is 0 Å². The molecule has 0 saturated carbocycles. The topological polar surface area (TPSA) is 30.7 Å². The smallest absolute Gasteiger partial charge is 0.123 e. The molecule has 0 bridgehead atoms. The van der Waals surface area contributed by atoms with Gasteiger partial charge in [0.15, 0.2) is 0 Å². The van der Waals surface area contributed by atoms with Gasteiger partial charge in [-0.05, 0) is 48.4 Å². The van der Waals surface area contributed by atoms with Crippen molar-refractivity contribution in [3.05, 3.63) is 60.8 Å². The molecule has 0 spiro atoms. The minimum Gasteiger partial charge on any atom is -0.271 e. The van der Waals surface area contributed by atoms with E-state index in [1.165, 1.54) is 12.1 Å². The summed E-state index contributed by atoms with van der Waals surface area (Å²) in [6.45, 7) is 6.98. The first-order chi connectivity index (χ1) is 11.3. The van der Waals surface area contributed by atoms with Crippen LogP contribution < -0.4 is 0 Å². The number of aryl methyl sites for hydroxylation is 1. The maximum Gasteiger partial charge on any atom is 0.123 e. The Morgan fingerprint density at radius 2 is 1.61 bits per heavy atom. The molecule has 0 amide bonds. The van der Waals surface area contributed by atoms with Gasteiger partial charge in [0.2, 0.25) is 0 Å². The van der Waals surface area contributed by atoms with Crippen LogP contribution in [0.4, 0.5) is 4.39 Å². The van der Waals surface area contributed by atoms with Gasteiger partial charge in [0, 0.05) is 36.3 Å². The molecule has 4 heteroatoms. The summed E-state index contributed by atoms with van der Waals surface area (Å²) in [7, 11) is 0. The fraction of sp³-hybridized carbons (Fsp3) is 0.263. The fourth-order valence-corrected chi connectivity index (χ4v) is 2.33. The van der Waals surface area contributed by atoms with E-state index in [0.29, 0.717) is 0 Å². The molecule has 3 rings (SSSR count). The number of hydrogen-bond acceptors (Lipinski definition) is 2. The van der Waals surface area contributed by atoms with E-state index < -0.39 is 0 Å². The molecule has 0 aliphatic heterocycles. The summed E-state index contributed by atoms with van der Waals surface area (Å²) in [5.41, 5.74) is 3.89. The summed E-state index contributed by atoms with van der Waals surface area (Å²) >= 11 is 0. The summed E-state index contributed by atoms with van der Waals surface area (Å²) in [6.07, 6.45) is 6.58. The lowest BCUT2D eigenvalue weighted by atomic mass is 10.0. The Kier molecular flexibility index (Phi) is 6.03. The van der Waals surface area contributed by atoms with Crippen LogP contribution in [0, 0.1) is 5.82 Å². The molecule has 0 radical (unpaired) electrons. The third-order valence-corrected chi connectivity index (χ3v) is 3.32. The van der Waals surface area contributed by atoms with E-state index in [0.717, 1.165) is 35.3 Å². The molecule has 0 unspecified atom stereocenters. The molecule has 23 heavy (non-hydrogen) atoms. The molecule has 3 nitrogen and oxygen atoms in total. The second-order valence-corrected chi connectivity index (χ2v) is 4.90. The van der Waals surface area contributed by atoms with E-state index in [4.69, 9.17) is 0 Å².